The van der Waals surface area contributed by atoms with E-state index in [0.717, 1.165) is 31.7 Å². The number of benzene rings is 2. The zero-order chi connectivity index (χ0) is 32.3. The molecule has 46 heavy (non-hydrogen) atoms. The van der Waals surface area contributed by atoms with E-state index in [4.69, 9.17) is 9.47 Å². The fourth-order valence-corrected chi connectivity index (χ4v) is 10.7. The van der Waals surface area contributed by atoms with Gasteiger partial charge < -0.3 is 24.9 Å². The lowest BCUT2D eigenvalue weighted by Crippen LogP contribution is -2.42. The Morgan fingerprint density at radius 3 is 2.46 bits per heavy atom. The molecule has 0 spiro atoms. The molecule has 3 heterocycles. The number of aromatic amines is 1. The molecule has 6 unspecified atom stereocenters. The van der Waals surface area contributed by atoms with Gasteiger partial charge in [-0.25, -0.2) is 4.79 Å². The maximum atomic E-state index is 13.5. The molecule has 3 amide bonds. The van der Waals surface area contributed by atoms with Crippen molar-refractivity contribution >= 4 is 58.4 Å². The van der Waals surface area contributed by atoms with Crippen molar-refractivity contribution in [3.8, 4) is 5.75 Å². The summed E-state index contributed by atoms with van der Waals surface area (Å²) < 4.78 is 11.1. The van der Waals surface area contributed by atoms with Gasteiger partial charge in [0.1, 0.15) is 12.3 Å². The molecule has 14 heteroatoms. The van der Waals surface area contributed by atoms with Crippen molar-refractivity contribution in [3.63, 3.8) is 0 Å². The summed E-state index contributed by atoms with van der Waals surface area (Å²) in [5, 5.41) is 12.7. The monoisotopic (exact) mass is 663 g/mol. The first-order chi connectivity index (χ1) is 22.2. The van der Waals surface area contributed by atoms with Gasteiger partial charge in [-0.15, -0.1) is 11.8 Å². The summed E-state index contributed by atoms with van der Waals surface area (Å²) in [6, 6.07) is 13.6. The van der Waals surface area contributed by atoms with Crippen LogP contribution in [0.15, 0.2) is 58.4 Å². The molecule has 2 aromatic carbocycles. The SMILES string of the molecule is CCOC(=O)c1ccc(NC(=O)COc2ccccc2[C@H]2c3sc(=O)[nH]c3SC3C4CC(C5C(=O)N(CC(=O)O)C(=O)C45)C32)cc1. The van der Waals surface area contributed by atoms with E-state index in [1.807, 2.05) is 12.1 Å². The van der Waals surface area contributed by atoms with Crippen LogP contribution in [0.3, 0.4) is 0 Å². The highest BCUT2D eigenvalue weighted by Crippen LogP contribution is 2.69. The maximum Gasteiger partial charge on any atom is 0.338 e. The van der Waals surface area contributed by atoms with E-state index in [2.05, 4.69) is 10.3 Å². The number of thiazole rings is 1. The largest absolute Gasteiger partial charge is 0.483 e. The number of anilines is 1. The first-order valence-corrected chi connectivity index (χ1v) is 16.6. The molecule has 1 aromatic heterocycles. The van der Waals surface area contributed by atoms with Crippen LogP contribution in [-0.2, 0) is 23.9 Å². The molecule has 0 radical (unpaired) electrons. The molecule has 7 atom stereocenters. The number of esters is 1. The number of imide groups is 1. The Labute approximate surface area is 270 Å². The van der Waals surface area contributed by atoms with Crippen molar-refractivity contribution in [3.05, 3.63) is 74.2 Å². The van der Waals surface area contributed by atoms with Crippen molar-refractivity contribution in [1.82, 2.24) is 9.88 Å². The minimum absolute atomic E-state index is 0.0792. The van der Waals surface area contributed by atoms with Crippen molar-refractivity contribution in [2.45, 2.75) is 29.5 Å². The van der Waals surface area contributed by atoms with Crippen LogP contribution in [0.25, 0.3) is 0 Å². The molecule has 238 valence electrons. The van der Waals surface area contributed by atoms with Crippen LogP contribution in [-0.4, -0.2) is 69.7 Å². The van der Waals surface area contributed by atoms with E-state index < -0.39 is 48.0 Å². The smallest absolute Gasteiger partial charge is 0.338 e. The summed E-state index contributed by atoms with van der Waals surface area (Å²) in [7, 11) is 0. The number of carboxylic acids is 1. The van der Waals surface area contributed by atoms with E-state index in [0.29, 0.717) is 23.4 Å². The molecule has 2 aliphatic heterocycles. The summed E-state index contributed by atoms with van der Waals surface area (Å²) in [5.74, 6) is -4.47. The van der Waals surface area contributed by atoms with Crippen LogP contribution in [0.2, 0.25) is 0 Å². The number of hydrogen-bond donors (Lipinski definition) is 3. The first kappa shape index (κ1) is 30.2. The van der Waals surface area contributed by atoms with Crippen molar-refractivity contribution in [1.29, 1.82) is 0 Å². The Morgan fingerprint density at radius 1 is 1.02 bits per heavy atom. The number of ether oxygens (including phenoxy) is 2. The maximum absolute atomic E-state index is 13.5. The number of thioether (sulfide) groups is 1. The number of hydrogen-bond acceptors (Lipinski definition) is 10. The highest BCUT2D eigenvalue weighted by atomic mass is 32.2. The minimum Gasteiger partial charge on any atom is -0.483 e. The summed E-state index contributed by atoms with van der Waals surface area (Å²) >= 11 is 2.64. The molecule has 7 rings (SSSR count). The molecule has 3 fully saturated rings. The van der Waals surface area contributed by atoms with Gasteiger partial charge >= 0.3 is 16.8 Å². The van der Waals surface area contributed by atoms with Gasteiger partial charge in [0.2, 0.25) is 11.8 Å². The highest BCUT2D eigenvalue weighted by Gasteiger charge is 2.69. The summed E-state index contributed by atoms with van der Waals surface area (Å²) in [5.41, 5.74) is 1.61. The van der Waals surface area contributed by atoms with Crippen LogP contribution < -0.4 is 14.9 Å². The lowest BCUT2D eigenvalue weighted by atomic mass is 9.68. The van der Waals surface area contributed by atoms with E-state index in [9.17, 15) is 33.9 Å². The minimum atomic E-state index is -1.23. The third-order valence-electron chi connectivity index (χ3n) is 9.40. The van der Waals surface area contributed by atoms with E-state index in [1.165, 1.54) is 11.8 Å². The molecular weight excluding hydrogens is 634 g/mol. The molecule has 2 saturated carbocycles. The fraction of sp³-hybridized carbons (Fsp3) is 0.375. The third-order valence-corrected chi connectivity index (χ3v) is 12.0. The predicted molar refractivity (Wildman–Crippen MR) is 166 cm³/mol. The van der Waals surface area contributed by atoms with Crippen LogP contribution in [0.5, 0.6) is 5.75 Å². The number of rotatable bonds is 9. The van der Waals surface area contributed by atoms with Gasteiger partial charge in [-0.2, -0.15) is 0 Å². The summed E-state index contributed by atoms with van der Waals surface area (Å²) in [6.07, 6.45) is 0.659. The Balaban J connectivity index is 1.14. The highest BCUT2D eigenvalue weighted by molar-refractivity contribution is 8.00. The average molecular weight is 664 g/mol. The summed E-state index contributed by atoms with van der Waals surface area (Å²) in [6.45, 7) is 1.02. The molecule has 3 N–H and O–H groups in total. The standard InChI is InChI=1S/C32H29N3O9S2/c1-2-43-31(41)14-7-9-15(10-8-14)33-20(36)13-44-19-6-4-3-5-16(19)22-23-17-11-18(26(23)45-28-27(22)46-32(42)34-28)25-24(17)29(39)35(30(25)40)12-21(37)38/h3-10,17-18,22-26H,2,11-13H2,1H3,(H,33,36)(H,34,42)(H,37,38)/t17?,18?,22-,23?,24?,25?,26?/m1/s1. The van der Waals surface area contributed by atoms with Crippen LogP contribution in [0, 0.1) is 29.6 Å². The molecule has 4 aliphatic rings. The zero-order valence-corrected chi connectivity index (χ0v) is 26.1. The van der Waals surface area contributed by atoms with Gasteiger partial charge in [-0.1, -0.05) is 29.5 Å². The third kappa shape index (κ3) is 4.99. The van der Waals surface area contributed by atoms with E-state index >= 15 is 0 Å². The number of carbonyl (C=O) groups is 5. The topological polar surface area (TPSA) is 172 Å². The number of aromatic nitrogens is 1. The lowest BCUT2D eigenvalue weighted by Gasteiger charge is -2.43. The lowest BCUT2D eigenvalue weighted by molar-refractivity contribution is -0.149. The molecule has 3 aromatic rings. The van der Waals surface area contributed by atoms with Crippen molar-refractivity contribution < 1.29 is 38.6 Å². The number of para-hydroxylation sites is 1. The number of nitrogens with zero attached hydrogens (tertiary/aromatic N) is 1. The van der Waals surface area contributed by atoms with Crippen molar-refractivity contribution in [2.75, 3.05) is 25.1 Å². The van der Waals surface area contributed by atoms with Gasteiger partial charge in [-0.3, -0.25) is 28.9 Å². The van der Waals surface area contributed by atoms with Gasteiger partial charge in [0.05, 0.1) is 29.0 Å². The first-order valence-electron chi connectivity index (χ1n) is 14.9. The number of carbonyl (C=O) groups excluding carboxylic acids is 4. The van der Waals surface area contributed by atoms with Gasteiger partial charge in [0, 0.05) is 27.3 Å². The number of nitrogens with one attached hydrogen (secondary N) is 2. The fourth-order valence-electron chi connectivity index (χ4n) is 7.83. The number of amides is 3. The molecule has 2 aliphatic carbocycles. The van der Waals surface area contributed by atoms with E-state index in [1.54, 1.807) is 43.3 Å². The molecule has 12 nitrogen and oxygen atoms in total. The van der Waals surface area contributed by atoms with Crippen LogP contribution >= 0.6 is 23.1 Å². The Bertz CT molecular complexity index is 1820. The van der Waals surface area contributed by atoms with Gasteiger partial charge in [-0.05, 0) is 61.4 Å². The Kier molecular flexibility index (Phi) is 7.71. The normalized spacial score (nSPS) is 27.2. The van der Waals surface area contributed by atoms with Crippen molar-refractivity contribution in [2.24, 2.45) is 29.6 Å². The number of fused-ring (bicyclic) bond motifs is 9. The van der Waals surface area contributed by atoms with Crippen LogP contribution in [0.1, 0.15) is 40.1 Å². The van der Waals surface area contributed by atoms with Gasteiger partial charge in [0.15, 0.2) is 6.61 Å². The quantitative estimate of drug-likeness (QED) is 0.228. The second kappa shape index (κ2) is 11.7. The van der Waals surface area contributed by atoms with E-state index in [-0.39, 0.29) is 47.0 Å². The van der Waals surface area contributed by atoms with Gasteiger partial charge in [0.25, 0.3) is 5.91 Å². The number of carboxylic acid groups (broad SMARTS) is 1. The number of H-pyrrole nitrogens is 1. The molecule has 2 bridgehead atoms. The zero-order valence-electron chi connectivity index (χ0n) is 24.5. The number of aliphatic carboxylic acids is 1. The Morgan fingerprint density at radius 2 is 1.74 bits per heavy atom. The predicted octanol–water partition coefficient (Wildman–Crippen LogP) is 3.19. The van der Waals surface area contributed by atoms with Crippen LogP contribution in [0.4, 0.5) is 5.69 Å². The second-order valence-corrected chi connectivity index (χ2v) is 14.0. The second-order valence-electron chi connectivity index (χ2n) is 11.8. The molecular formula is C32H29N3O9S2. The average Bonchev–Trinajstić information content (AvgIpc) is 3.77. The number of likely N-dealkylation sites (tertiary alicyclic amines) is 1. The summed E-state index contributed by atoms with van der Waals surface area (Å²) in [4.78, 5) is 80.1. The Hall–Kier alpha value is -4.43. The molecule has 1 saturated heterocycles.